The smallest absolute Gasteiger partial charge is 0.164 e. The number of benzene rings is 1. The van der Waals surface area contributed by atoms with Gasteiger partial charge < -0.3 is 10.3 Å². The van der Waals surface area contributed by atoms with Crippen molar-refractivity contribution >= 4 is 0 Å². The molecule has 1 aliphatic heterocycles. The summed E-state index contributed by atoms with van der Waals surface area (Å²) >= 11 is 0. The quantitative estimate of drug-likeness (QED) is 0.834. The van der Waals surface area contributed by atoms with Crippen molar-refractivity contribution in [2.24, 2.45) is 11.7 Å². The minimum absolute atomic E-state index is 0.0137. The van der Waals surface area contributed by atoms with Crippen LogP contribution in [-0.4, -0.2) is 14.8 Å². The zero-order valence-corrected chi connectivity index (χ0v) is 10.8. The van der Waals surface area contributed by atoms with Gasteiger partial charge in [0.1, 0.15) is 5.82 Å². The molecule has 4 heteroatoms. The van der Waals surface area contributed by atoms with Crippen LogP contribution in [0, 0.1) is 12.8 Å². The van der Waals surface area contributed by atoms with E-state index in [0.717, 1.165) is 30.2 Å². The molecular formula is C14H18N4. The normalized spacial score (nSPS) is 22.8. The standard InChI is InChI=1S/C14H18N4/c1-9-4-3-5-11(6-9)13-16-17-14-12(15)7-10(2)8-18(13)14/h3-6,10,12H,7-8,15H2,1-2H3. The number of hydrogen-bond donors (Lipinski definition) is 1. The lowest BCUT2D eigenvalue weighted by atomic mass is 9.97. The number of nitrogens with zero attached hydrogens (tertiary/aromatic N) is 3. The van der Waals surface area contributed by atoms with Crippen LogP contribution in [0.1, 0.15) is 30.8 Å². The summed E-state index contributed by atoms with van der Waals surface area (Å²) in [5, 5.41) is 8.59. The number of hydrogen-bond acceptors (Lipinski definition) is 3. The molecule has 1 aromatic carbocycles. The molecule has 0 spiro atoms. The van der Waals surface area contributed by atoms with Gasteiger partial charge in [0.2, 0.25) is 0 Å². The van der Waals surface area contributed by atoms with Gasteiger partial charge in [-0.1, -0.05) is 30.7 Å². The second kappa shape index (κ2) is 4.21. The molecule has 2 N–H and O–H groups in total. The molecular weight excluding hydrogens is 224 g/mol. The van der Waals surface area contributed by atoms with E-state index < -0.39 is 0 Å². The Kier molecular flexibility index (Phi) is 2.67. The van der Waals surface area contributed by atoms with Gasteiger partial charge in [0.15, 0.2) is 5.82 Å². The fraction of sp³-hybridized carbons (Fsp3) is 0.429. The van der Waals surface area contributed by atoms with Crippen molar-refractivity contribution in [2.75, 3.05) is 0 Å². The monoisotopic (exact) mass is 242 g/mol. The van der Waals surface area contributed by atoms with Crippen LogP contribution in [-0.2, 0) is 6.54 Å². The largest absolute Gasteiger partial charge is 0.321 e. The Morgan fingerprint density at radius 3 is 2.94 bits per heavy atom. The van der Waals surface area contributed by atoms with Gasteiger partial charge in [-0.2, -0.15) is 0 Å². The van der Waals surface area contributed by atoms with Gasteiger partial charge in [0.05, 0.1) is 6.04 Å². The van der Waals surface area contributed by atoms with Crippen molar-refractivity contribution < 1.29 is 0 Å². The van der Waals surface area contributed by atoms with Crippen LogP contribution >= 0.6 is 0 Å². The fourth-order valence-corrected chi connectivity index (χ4v) is 2.69. The molecule has 4 nitrogen and oxygen atoms in total. The van der Waals surface area contributed by atoms with Gasteiger partial charge in [0, 0.05) is 12.1 Å². The van der Waals surface area contributed by atoms with Crippen LogP contribution in [0.4, 0.5) is 0 Å². The molecule has 1 aliphatic rings. The number of aryl methyl sites for hydroxylation is 1. The van der Waals surface area contributed by atoms with Crippen LogP contribution in [0.5, 0.6) is 0 Å². The molecule has 0 bridgehead atoms. The van der Waals surface area contributed by atoms with E-state index in [1.54, 1.807) is 0 Å². The van der Waals surface area contributed by atoms with Crippen molar-refractivity contribution in [2.45, 2.75) is 32.9 Å². The number of rotatable bonds is 1. The van der Waals surface area contributed by atoms with Crippen molar-refractivity contribution in [3.8, 4) is 11.4 Å². The average molecular weight is 242 g/mol. The van der Waals surface area contributed by atoms with Gasteiger partial charge in [-0.25, -0.2) is 0 Å². The van der Waals surface area contributed by atoms with E-state index in [9.17, 15) is 0 Å². The third-order valence-electron chi connectivity index (χ3n) is 3.54. The molecule has 1 aromatic heterocycles. The maximum Gasteiger partial charge on any atom is 0.164 e. The van der Waals surface area contributed by atoms with Crippen molar-refractivity contribution in [1.29, 1.82) is 0 Å². The first-order chi connectivity index (χ1) is 8.65. The molecule has 0 saturated heterocycles. The molecule has 0 amide bonds. The lowest BCUT2D eigenvalue weighted by Crippen LogP contribution is -2.27. The highest BCUT2D eigenvalue weighted by atomic mass is 15.3. The maximum absolute atomic E-state index is 6.13. The summed E-state index contributed by atoms with van der Waals surface area (Å²) in [5.74, 6) is 2.44. The highest BCUT2D eigenvalue weighted by Gasteiger charge is 2.26. The Labute approximate surface area is 107 Å². The minimum atomic E-state index is 0.0137. The molecule has 2 unspecified atom stereocenters. The lowest BCUT2D eigenvalue weighted by Gasteiger charge is -2.25. The predicted octanol–water partition coefficient (Wildman–Crippen LogP) is 2.29. The van der Waals surface area contributed by atoms with Crippen LogP contribution in [0.3, 0.4) is 0 Å². The fourth-order valence-electron chi connectivity index (χ4n) is 2.69. The van der Waals surface area contributed by atoms with Gasteiger partial charge in [-0.3, -0.25) is 0 Å². The SMILES string of the molecule is Cc1cccc(-c2nnc3n2CC(C)CC3N)c1. The van der Waals surface area contributed by atoms with Crippen molar-refractivity contribution in [1.82, 2.24) is 14.8 Å². The van der Waals surface area contributed by atoms with Crippen LogP contribution in [0.25, 0.3) is 11.4 Å². The van der Waals surface area contributed by atoms with E-state index >= 15 is 0 Å². The third-order valence-corrected chi connectivity index (χ3v) is 3.54. The van der Waals surface area contributed by atoms with Gasteiger partial charge in [-0.15, -0.1) is 10.2 Å². The summed E-state index contributed by atoms with van der Waals surface area (Å²) in [4.78, 5) is 0. The topological polar surface area (TPSA) is 56.7 Å². The first-order valence-corrected chi connectivity index (χ1v) is 6.41. The van der Waals surface area contributed by atoms with E-state index in [0.29, 0.717) is 5.92 Å². The van der Waals surface area contributed by atoms with E-state index in [1.807, 2.05) is 0 Å². The molecule has 3 rings (SSSR count). The Hall–Kier alpha value is -1.68. The Bertz CT molecular complexity index is 573. The predicted molar refractivity (Wildman–Crippen MR) is 70.9 cm³/mol. The number of nitrogens with two attached hydrogens (primary N) is 1. The summed E-state index contributed by atoms with van der Waals surface area (Å²) in [6.07, 6.45) is 0.992. The summed E-state index contributed by atoms with van der Waals surface area (Å²) in [6.45, 7) is 5.27. The summed E-state index contributed by atoms with van der Waals surface area (Å²) in [7, 11) is 0. The first-order valence-electron chi connectivity index (χ1n) is 6.41. The van der Waals surface area contributed by atoms with Crippen molar-refractivity contribution in [3.05, 3.63) is 35.7 Å². The molecule has 18 heavy (non-hydrogen) atoms. The average Bonchev–Trinajstić information content (AvgIpc) is 2.72. The zero-order valence-electron chi connectivity index (χ0n) is 10.8. The second-order valence-electron chi connectivity index (χ2n) is 5.31. The molecule has 0 saturated carbocycles. The van der Waals surface area contributed by atoms with Gasteiger partial charge in [-0.05, 0) is 25.3 Å². The van der Waals surface area contributed by atoms with E-state index in [2.05, 4.69) is 52.9 Å². The number of fused-ring (bicyclic) bond motifs is 1. The maximum atomic E-state index is 6.13. The molecule has 0 aliphatic carbocycles. The molecule has 2 heterocycles. The summed E-state index contributed by atoms with van der Waals surface area (Å²) < 4.78 is 2.17. The third kappa shape index (κ3) is 1.82. The minimum Gasteiger partial charge on any atom is -0.321 e. The summed E-state index contributed by atoms with van der Waals surface area (Å²) in [5.41, 5.74) is 8.49. The van der Waals surface area contributed by atoms with E-state index in [4.69, 9.17) is 5.73 Å². The zero-order chi connectivity index (χ0) is 12.7. The molecule has 2 aromatic rings. The highest BCUT2D eigenvalue weighted by molar-refractivity contribution is 5.56. The van der Waals surface area contributed by atoms with E-state index in [-0.39, 0.29) is 6.04 Å². The molecule has 0 radical (unpaired) electrons. The lowest BCUT2D eigenvalue weighted by molar-refractivity contribution is 0.348. The summed E-state index contributed by atoms with van der Waals surface area (Å²) in [6, 6.07) is 8.38. The molecule has 0 fully saturated rings. The molecule has 94 valence electrons. The van der Waals surface area contributed by atoms with Gasteiger partial charge in [0.25, 0.3) is 0 Å². The van der Waals surface area contributed by atoms with Gasteiger partial charge >= 0.3 is 0 Å². The van der Waals surface area contributed by atoms with Crippen LogP contribution < -0.4 is 5.73 Å². The van der Waals surface area contributed by atoms with Crippen LogP contribution in [0.15, 0.2) is 24.3 Å². The van der Waals surface area contributed by atoms with Crippen LogP contribution in [0.2, 0.25) is 0 Å². The Morgan fingerprint density at radius 1 is 1.33 bits per heavy atom. The first kappa shape index (κ1) is 11.4. The van der Waals surface area contributed by atoms with Crippen molar-refractivity contribution in [3.63, 3.8) is 0 Å². The molecule has 2 atom stereocenters. The highest BCUT2D eigenvalue weighted by Crippen LogP contribution is 2.30. The Morgan fingerprint density at radius 2 is 2.17 bits per heavy atom. The van der Waals surface area contributed by atoms with E-state index in [1.165, 1.54) is 5.56 Å². The Balaban J connectivity index is 2.09. The second-order valence-corrected chi connectivity index (χ2v) is 5.31. The number of aromatic nitrogens is 3.